The first kappa shape index (κ1) is 14.0. The number of amides is 3. The number of hydrogen-bond acceptors (Lipinski definition) is 3. The lowest BCUT2D eigenvalue weighted by Crippen LogP contribution is -2.62. The maximum absolute atomic E-state index is 12.8. The molecular formula is C17H17N3O3. The van der Waals surface area contributed by atoms with Crippen molar-refractivity contribution in [2.75, 3.05) is 5.32 Å². The third-order valence-electron chi connectivity index (χ3n) is 4.74. The molecule has 1 aromatic carbocycles. The minimum absolute atomic E-state index is 0.101. The monoisotopic (exact) mass is 311 g/mol. The zero-order valence-electron chi connectivity index (χ0n) is 12.9. The number of hydrogen-bond donors (Lipinski definition) is 3. The lowest BCUT2D eigenvalue weighted by atomic mass is 9.68. The molecule has 0 saturated heterocycles. The van der Waals surface area contributed by atoms with Crippen LogP contribution in [0.25, 0.3) is 0 Å². The van der Waals surface area contributed by atoms with Crippen molar-refractivity contribution in [1.82, 2.24) is 10.6 Å². The predicted octanol–water partition coefficient (Wildman–Crippen LogP) is 1.79. The summed E-state index contributed by atoms with van der Waals surface area (Å²) in [6.45, 7) is 3.97. The minimum Gasteiger partial charge on any atom is -0.323 e. The normalized spacial score (nSPS) is 28.0. The molecule has 2 heterocycles. The van der Waals surface area contributed by atoms with Gasteiger partial charge in [0.05, 0.1) is 5.57 Å². The minimum atomic E-state index is -1.41. The smallest absolute Gasteiger partial charge is 0.320 e. The van der Waals surface area contributed by atoms with Gasteiger partial charge in [-0.05, 0) is 17.9 Å². The molecule has 2 aliphatic heterocycles. The van der Waals surface area contributed by atoms with Crippen LogP contribution in [0.15, 0.2) is 35.5 Å². The van der Waals surface area contributed by atoms with Gasteiger partial charge in [0.1, 0.15) is 0 Å². The van der Waals surface area contributed by atoms with E-state index in [1.165, 1.54) is 0 Å². The Bertz CT molecular complexity index is 809. The van der Waals surface area contributed by atoms with Crippen LogP contribution in [0.1, 0.15) is 32.3 Å². The Labute approximate surface area is 133 Å². The second-order valence-corrected chi connectivity index (χ2v) is 7.12. The fourth-order valence-corrected chi connectivity index (χ4v) is 3.89. The number of Topliss-reactive ketones (excluding diaryl/α,β-unsaturated/α-hetero) is 1. The molecule has 1 aromatic rings. The van der Waals surface area contributed by atoms with E-state index >= 15 is 0 Å². The van der Waals surface area contributed by atoms with Gasteiger partial charge in [0.25, 0.3) is 5.91 Å². The number of ketones is 1. The van der Waals surface area contributed by atoms with Crippen LogP contribution in [0.3, 0.4) is 0 Å². The average molecular weight is 311 g/mol. The first-order valence-electron chi connectivity index (χ1n) is 7.60. The topological polar surface area (TPSA) is 87.3 Å². The summed E-state index contributed by atoms with van der Waals surface area (Å²) < 4.78 is 0. The van der Waals surface area contributed by atoms with E-state index in [9.17, 15) is 14.4 Å². The third kappa shape index (κ3) is 1.78. The van der Waals surface area contributed by atoms with E-state index in [2.05, 4.69) is 16.0 Å². The number of para-hydroxylation sites is 1. The summed E-state index contributed by atoms with van der Waals surface area (Å²) in [5.41, 5.74) is 0.531. The van der Waals surface area contributed by atoms with E-state index in [-0.39, 0.29) is 17.1 Å². The molecule has 1 aliphatic carbocycles. The Morgan fingerprint density at radius 3 is 2.52 bits per heavy atom. The zero-order valence-corrected chi connectivity index (χ0v) is 12.9. The molecule has 6 nitrogen and oxygen atoms in total. The van der Waals surface area contributed by atoms with E-state index in [1.54, 1.807) is 18.2 Å². The van der Waals surface area contributed by atoms with Gasteiger partial charge in [0.15, 0.2) is 11.3 Å². The van der Waals surface area contributed by atoms with Crippen LogP contribution in [0.2, 0.25) is 0 Å². The molecule has 0 bridgehead atoms. The summed E-state index contributed by atoms with van der Waals surface area (Å²) >= 11 is 0. The van der Waals surface area contributed by atoms with Crippen molar-refractivity contribution in [1.29, 1.82) is 0 Å². The van der Waals surface area contributed by atoms with E-state index in [4.69, 9.17) is 0 Å². The number of urea groups is 1. The van der Waals surface area contributed by atoms with Gasteiger partial charge in [0.2, 0.25) is 0 Å². The van der Waals surface area contributed by atoms with Gasteiger partial charge in [-0.15, -0.1) is 0 Å². The summed E-state index contributed by atoms with van der Waals surface area (Å²) in [7, 11) is 0. The van der Waals surface area contributed by atoms with Crippen LogP contribution in [-0.2, 0) is 15.1 Å². The Morgan fingerprint density at radius 1 is 1.00 bits per heavy atom. The molecule has 0 saturated carbocycles. The van der Waals surface area contributed by atoms with Crippen LogP contribution >= 0.6 is 0 Å². The first-order chi connectivity index (χ1) is 10.8. The van der Waals surface area contributed by atoms with Gasteiger partial charge in [-0.2, -0.15) is 0 Å². The number of nitrogens with one attached hydrogen (secondary N) is 3. The van der Waals surface area contributed by atoms with Gasteiger partial charge in [-0.3, -0.25) is 9.59 Å². The van der Waals surface area contributed by atoms with Crippen molar-refractivity contribution in [3.05, 3.63) is 41.1 Å². The Morgan fingerprint density at radius 2 is 1.74 bits per heavy atom. The zero-order chi connectivity index (χ0) is 16.4. The van der Waals surface area contributed by atoms with Crippen molar-refractivity contribution in [3.63, 3.8) is 0 Å². The highest BCUT2D eigenvalue weighted by Gasteiger charge is 2.57. The van der Waals surface area contributed by atoms with Crippen LogP contribution < -0.4 is 16.0 Å². The lowest BCUT2D eigenvalue weighted by molar-refractivity contribution is -0.125. The predicted molar refractivity (Wildman–Crippen MR) is 83.5 cm³/mol. The molecule has 6 heteroatoms. The standard InChI is InChI=1S/C17H17N3O3/c1-16(2)7-11-13(12(21)8-16)17(20-15(23)19-11)9-5-3-4-6-10(9)18-14(17)22/h3-6H,7-8H2,1-2H3,(H,18,22)(H2,19,20,23). The molecule has 0 aromatic heterocycles. The fraction of sp³-hybridized carbons (Fsp3) is 0.353. The lowest BCUT2D eigenvalue weighted by Gasteiger charge is -2.42. The number of allylic oxidation sites excluding steroid dienone is 1. The molecule has 0 radical (unpaired) electrons. The summed E-state index contributed by atoms with van der Waals surface area (Å²) in [4.78, 5) is 37.8. The van der Waals surface area contributed by atoms with Gasteiger partial charge in [-0.1, -0.05) is 32.0 Å². The Balaban J connectivity index is 2.00. The second-order valence-electron chi connectivity index (χ2n) is 7.12. The Kier molecular flexibility index (Phi) is 2.57. The molecule has 3 amide bonds. The average Bonchev–Trinajstić information content (AvgIpc) is 2.69. The van der Waals surface area contributed by atoms with Crippen molar-refractivity contribution in [2.45, 2.75) is 32.2 Å². The molecule has 1 unspecified atom stereocenters. The molecule has 1 spiro atoms. The van der Waals surface area contributed by atoms with Gasteiger partial charge in [0, 0.05) is 23.4 Å². The van der Waals surface area contributed by atoms with Crippen molar-refractivity contribution in [2.24, 2.45) is 5.41 Å². The third-order valence-corrected chi connectivity index (χ3v) is 4.74. The van der Waals surface area contributed by atoms with Gasteiger partial charge in [-0.25, -0.2) is 4.79 Å². The first-order valence-corrected chi connectivity index (χ1v) is 7.60. The fourth-order valence-electron chi connectivity index (χ4n) is 3.89. The number of anilines is 1. The number of fused-ring (bicyclic) bond motifs is 3. The maximum atomic E-state index is 12.8. The highest BCUT2D eigenvalue weighted by Crippen LogP contribution is 2.48. The van der Waals surface area contributed by atoms with Crippen molar-refractivity contribution < 1.29 is 14.4 Å². The van der Waals surface area contributed by atoms with E-state index < -0.39 is 11.6 Å². The molecule has 23 heavy (non-hydrogen) atoms. The largest absolute Gasteiger partial charge is 0.323 e. The van der Waals surface area contributed by atoms with E-state index in [0.29, 0.717) is 35.4 Å². The molecule has 0 fully saturated rings. The molecule has 1 atom stereocenters. The molecule has 4 rings (SSSR count). The quantitative estimate of drug-likeness (QED) is 0.682. The number of carbonyl (C=O) groups excluding carboxylic acids is 3. The molecule has 3 N–H and O–H groups in total. The molecular weight excluding hydrogens is 294 g/mol. The van der Waals surface area contributed by atoms with Crippen LogP contribution in [0.4, 0.5) is 10.5 Å². The van der Waals surface area contributed by atoms with Crippen LogP contribution in [-0.4, -0.2) is 17.7 Å². The maximum Gasteiger partial charge on any atom is 0.320 e. The van der Waals surface area contributed by atoms with E-state index in [1.807, 2.05) is 19.9 Å². The number of carbonyl (C=O) groups is 3. The molecule has 118 valence electrons. The Hall–Kier alpha value is -2.63. The van der Waals surface area contributed by atoms with Gasteiger partial charge >= 0.3 is 6.03 Å². The molecule has 3 aliphatic rings. The van der Waals surface area contributed by atoms with Gasteiger partial charge < -0.3 is 16.0 Å². The van der Waals surface area contributed by atoms with Crippen LogP contribution in [0, 0.1) is 5.41 Å². The van der Waals surface area contributed by atoms with Crippen molar-refractivity contribution >= 4 is 23.4 Å². The number of rotatable bonds is 0. The summed E-state index contributed by atoms with van der Waals surface area (Å²) in [6, 6.07) is 6.69. The summed E-state index contributed by atoms with van der Waals surface area (Å²) in [6.07, 6.45) is 0.902. The van der Waals surface area contributed by atoms with Crippen LogP contribution in [0.5, 0.6) is 0 Å². The second kappa shape index (κ2) is 4.22. The van der Waals surface area contributed by atoms with Crippen molar-refractivity contribution in [3.8, 4) is 0 Å². The highest BCUT2D eigenvalue weighted by atomic mass is 16.2. The van der Waals surface area contributed by atoms with E-state index in [0.717, 1.165) is 0 Å². The highest BCUT2D eigenvalue weighted by molar-refractivity contribution is 6.18. The number of benzene rings is 1. The summed E-state index contributed by atoms with van der Waals surface area (Å²) in [5, 5.41) is 8.23. The SMILES string of the molecule is CC1(C)CC(=O)C2=C(C1)NC(=O)NC21C(=O)Nc2ccccc21. The summed E-state index contributed by atoms with van der Waals surface area (Å²) in [5.74, 6) is -0.482.